The number of carbonyl (C=O) groups is 1. The summed E-state index contributed by atoms with van der Waals surface area (Å²) in [6.45, 7) is 13.8. The van der Waals surface area contributed by atoms with Crippen LogP contribution in [-0.2, 0) is 19.0 Å². The minimum absolute atomic E-state index is 0.0219. The normalized spacial score (nSPS) is 17.2. The molecule has 0 spiro atoms. The lowest BCUT2D eigenvalue weighted by molar-refractivity contribution is -0.117. The summed E-state index contributed by atoms with van der Waals surface area (Å²) < 4.78 is 17.2. The van der Waals surface area contributed by atoms with E-state index in [-0.39, 0.29) is 41.0 Å². The summed E-state index contributed by atoms with van der Waals surface area (Å²) in [5.41, 5.74) is 1.29. The highest BCUT2D eigenvalue weighted by Gasteiger charge is 2.41. The van der Waals surface area contributed by atoms with Crippen LogP contribution < -0.4 is 0 Å². The van der Waals surface area contributed by atoms with E-state index in [1.54, 1.807) is 0 Å². The van der Waals surface area contributed by atoms with Gasteiger partial charge >= 0.3 is 0 Å². The number of ether oxygens (including phenoxy) is 3. The van der Waals surface area contributed by atoms with Crippen LogP contribution in [0.5, 0.6) is 0 Å². The summed E-state index contributed by atoms with van der Waals surface area (Å²) >= 11 is 0. The van der Waals surface area contributed by atoms with E-state index < -0.39 is 8.07 Å². The average molecular weight is 417 g/mol. The Labute approximate surface area is 174 Å². The van der Waals surface area contributed by atoms with E-state index in [9.17, 15) is 9.90 Å². The number of methoxy groups -OCH3 is 1. The third-order valence-corrected chi connectivity index (χ3v) is 6.31. The van der Waals surface area contributed by atoms with E-state index in [2.05, 4.69) is 19.6 Å². The van der Waals surface area contributed by atoms with Crippen molar-refractivity contribution in [3.05, 3.63) is 64.5 Å². The highest BCUT2D eigenvalue weighted by atomic mass is 28.3. The number of allylic oxidation sites excluding steroid dienone is 2. The Balaban J connectivity index is 2.90. The molecule has 6 heteroatoms. The number of ketones is 1. The number of hydrogen-bond acceptors (Lipinski definition) is 5. The third-order valence-electron chi connectivity index (χ3n) is 4.27. The summed E-state index contributed by atoms with van der Waals surface area (Å²) in [5.74, 6) is -0.359. The molecule has 158 valence electrons. The van der Waals surface area contributed by atoms with Crippen LogP contribution in [0, 0.1) is 0 Å². The summed E-state index contributed by atoms with van der Waals surface area (Å²) in [5, 5.41) is 11.9. The van der Waals surface area contributed by atoms with E-state index in [1.807, 2.05) is 58.0 Å². The van der Waals surface area contributed by atoms with E-state index in [4.69, 9.17) is 14.2 Å². The Kier molecular flexibility index (Phi) is 7.00. The first-order chi connectivity index (χ1) is 13.5. The van der Waals surface area contributed by atoms with Crippen LogP contribution in [0.4, 0.5) is 0 Å². The van der Waals surface area contributed by atoms with Crippen LogP contribution in [0.25, 0.3) is 5.20 Å². The molecule has 0 heterocycles. The van der Waals surface area contributed by atoms with Crippen molar-refractivity contribution in [1.82, 2.24) is 0 Å². The van der Waals surface area contributed by atoms with Crippen LogP contribution >= 0.6 is 0 Å². The fourth-order valence-electron chi connectivity index (χ4n) is 3.32. The molecule has 0 saturated heterocycles. The minimum atomic E-state index is -2.05. The first-order valence-corrected chi connectivity index (χ1v) is 13.4. The summed E-state index contributed by atoms with van der Waals surface area (Å²) in [4.78, 5) is 13.7. The second-order valence-electron chi connectivity index (χ2n) is 8.57. The van der Waals surface area contributed by atoms with Crippen molar-refractivity contribution in [1.29, 1.82) is 0 Å². The number of aliphatic hydroxyl groups is 1. The molecular weight excluding hydrogens is 384 g/mol. The maximum absolute atomic E-state index is 13.7. The van der Waals surface area contributed by atoms with Gasteiger partial charge in [0.2, 0.25) is 23.1 Å². The van der Waals surface area contributed by atoms with Crippen molar-refractivity contribution in [2.24, 2.45) is 0 Å². The van der Waals surface area contributed by atoms with Crippen molar-refractivity contribution in [2.45, 2.75) is 59.5 Å². The van der Waals surface area contributed by atoms with E-state index in [1.165, 1.54) is 7.11 Å². The number of hydrogen-bond donors (Lipinski definition) is 1. The quantitative estimate of drug-likeness (QED) is 0.478. The number of rotatable bonds is 7. The highest BCUT2D eigenvalue weighted by molar-refractivity contribution is 6.94. The summed E-state index contributed by atoms with van der Waals surface area (Å²) in [6.07, 6.45) is -0.509. The molecule has 0 aliphatic heterocycles. The Morgan fingerprint density at radius 3 is 1.86 bits per heavy atom. The van der Waals surface area contributed by atoms with E-state index in [0.717, 1.165) is 10.8 Å². The van der Waals surface area contributed by atoms with Gasteiger partial charge in [0.25, 0.3) is 0 Å². The monoisotopic (exact) mass is 416 g/mol. The Bertz CT molecular complexity index is 855. The maximum Gasteiger partial charge on any atom is 0.235 e. The van der Waals surface area contributed by atoms with Crippen LogP contribution in [-0.4, -0.2) is 38.3 Å². The van der Waals surface area contributed by atoms with Gasteiger partial charge in [-0.15, -0.1) is 0 Å². The molecule has 0 amide bonds. The molecule has 1 N–H and O–H groups in total. The van der Waals surface area contributed by atoms with Crippen molar-refractivity contribution in [3.63, 3.8) is 0 Å². The van der Waals surface area contributed by atoms with Gasteiger partial charge in [-0.2, -0.15) is 0 Å². The maximum atomic E-state index is 13.7. The molecule has 29 heavy (non-hydrogen) atoms. The topological polar surface area (TPSA) is 65.0 Å². The van der Waals surface area contributed by atoms with Crippen LogP contribution in [0.2, 0.25) is 19.6 Å². The lowest BCUT2D eigenvalue weighted by atomic mass is 9.96. The molecular formula is C23H32O5Si. The molecule has 1 aromatic carbocycles. The second-order valence-corrected chi connectivity index (χ2v) is 13.6. The fourth-order valence-corrected chi connectivity index (χ4v) is 5.33. The average Bonchev–Trinajstić information content (AvgIpc) is 2.62. The van der Waals surface area contributed by atoms with Gasteiger partial charge in [0, 0.05) is 0 Å². The molecule has 0 aromatic heterocycles. The zero-order valence-electron chi connectivity index (χ0n) is 18.6. The van der Waals surface area contributed by atoms with Gasteiger partial charge in [-0.05, 0) is 38.5 Å². The molecule has 0 unspecified atom stereocenters. The van der Waals surface area contributed by atoms with Gasteiger partial charge in [0.1, 0.15) is 0 Å². The molecule has 1 aromatic rings. The Morgan fingerprint density at radius 1 is 0.897 bits per heavy atom. The summed E-state index contributed by atoms with van der Waals surface area (Å²) in [7, 11) is -0.602. The Hall–Kier alpha value is -2.47. The summed E-state index contributed by atoms with van der Waals surface area (Å²) in [6, 6.07) is 9.77. The highest BCUT2D eigenvalue weighted by Crippen LogP contribution is 2.40. The third kappa shape index (κ3) is 4.93. The minimum Gasteiger partial charge on any atom is -0.502 e. The molecule has 0 radical (unpaired) electrons. The number of benzene rings is 1. The number of Topliss-reactive ketones (excluding diaryl/α,β-unsaturated/α-hetero) is 1. The smallest absolute Gasteiger partial charge is 0.235 e. The molecule has 2 rings (SSSR count). The molecule has 0 fully saturated rings. The standard InChI is InChI=1S/C23H32O5Si/c1-14(2)27-21-18(24)17(20(26-5)19(25)22(21)28-15(3)4)23(29(6,7)8)16-12-10-9-11-13-16/h9-15,25H,1-8H3/b23-17+. The van der Waals surface area contributed by atoms with Crippen LogP contribution in [0.3, 0.4) is 0 Å². The molecule has 5 nitrogen and oxygen atoms in total. The van der Waals surface area contributed by atoms with Gasteiger partial charge in [0.15, 0.2) is 5.76 Å². The SMILES string of the molecule is COC1=C(O)C(OC(C)C)=C(OC(C)C)C(=O)/C1=C(/c1ccccc1)[Si](C)(C)C. The van der Waals surface area contributed by atoms with Crippen molar-refractivity contribution < 1.29 is 24.1 Å². The van der Waals surface area contributed by atoms with Gasteiger partial charge in [-0.25, -0.2) is 0 Å². The molecule has 0 saturated carbocycles. The van der Waals surface area contributed by atoms with Crippen LogP contribution in [0.15, 0.2) is 58.9 Å². The van der Waals surface area contributed by atoms with Crippen molar-refractivity contribution in [3.8, 4) is 0 Å². The van der Waals surface area contributed by atoms with E-state index >= 15 is 0 Å². The predicted octanol–water partition coefficient (Wildman–Crippen LogP) is 5.38. The predicted molar refractivity (Wildman–Crippen MR) is 118 cm³/mol. The van der Waals surface area contributed by atoms with Crippen LogP contribution in [0.1, 0.15) is 33.3 Å². The zero-order chi connectivity index (χ0) is 21.9. The van der Waals surface area contributed by atoms with Gasteiger partial charge in [-0.1, -0.05) is 50.0 Å². The largest absolute Gasteiger partial charge is 0.502 e. The number of carbonyl (C=O) groups excluding carboxylic acids is 1. The molecule has 0 atom stereocenters. The first-order valence-electron chi connectivity index (χ1n) is 9.89. The lowest BCUT2D eigenvalue weighted by Gasteiger charge is -2.30. The van der Waals surface area contributed by atoms with Gasteiger partial charge in [0.05, 0.1) is 33.0 Å². The molecule has 1 aliphatic rings. The number of aliphatic hydroxyl groups excluding tert-OH is 1. The molecule has 1 aliphatic carbocycles. The Morgan fingerprint density at radius 2 is 1.41 bits per heavy atom. The van der Waals surface area contributed by atoms with Crippen molar-refractivity contribution in [2.75, 3.05) is 7.11 Å². The molecule has 0 bridgehead atoms. The lowest BCUT2D eigenvalue weighted by Crippen LogP contribution is -2.31. The van der Waals surface area contributed by atoms with E-state index in [0.29, 0.717) is 5.57 Å². The fraction of sp³-hybridized carbons (Fsp3) is 0.435. The van der Waals surface area contributed by atoms with Crippen molar-refractivity contribution >= 4 is 19.1 Å². The second kappa shape index (κ2) is 8.90. The van der Waals surface area contributed by atoms with Gasteiger partial charge in [-0.3, -0.25) is 4.79 Å². The first kappa shape index (κ1) is 22.8. The van der Waals surface area contributed by atoms with Gasteiger partial charge < -0.3 is 19.3 Å². The zero-order valence-corrected chi connectivity index (χ0v) is 19.6.